The minimum atomic E-state index is -0.250. The molecule has 0 aliphatic rings. The van der Waals surface area contributed by atoms with Gasteiger partial charge in [-0.1, -0.05) is 61.5 Å². The van der Waals surface area contributed by atoms with E-state index in [9.17, 15) is 9.59 Å². The highest BCUT2D eigenvalue weighted by Crippen LogP contribution is 2.23. The average molecular weight is 449 g/mol. The Morgan fingerprint density at radius 1 is 1.03 bits per heavy atom. The van der Waals surface area contributed by atoms with Gasteiger partial charge in [0, 0.05) is 18.8 Å². The molecular formula is C26H32N4O3. The van der Waals surface area contributed by atoms with E-state index in [1.807, 2.05) is 68.4 Å². The van der Waals surface area contributed by atoms with Crippen LogP contribution in [0.25, 0.3) is 0 Å². The lowest BCUT2D eigenvalue weighted by molar-refractivity contribution is -0.115. The Labute approximate surface area is 194 Å². The molecule has 0 fully saturated rings. The summed E-state index contributed by atoms with van der Waals surface area (Å²) in [6.45, 7) is 8.92. The third-order valence-corrected chi connectivity index (χ3v) is 5.52. The number of nitrogens with zero attached hydrogens (tertiary/aromatic N) is 2. The van der Waals surface area contributed by atoms with Gasteiger partial charge >= 0.3 is 0 Å². The molecule has 0 saturated heterocycles. The van der Waals surface area contributed by atoms with Crippen LogP contribution in [-0.2, 0) is 17.8 Å². The molecule has 0 atom stereocenters. The Kier molecular flexibility index (Phi) is 7.66. The molecular weight excluding hydrogens is 416 g/mol. The first-order valence-electron chi connectivity index (χ1n) is 11.0. The van der Waals surface area contributed by atoms with Crippen molar-refractivity contribution in [2.75, 3.05) is 18.4 Å². The van der Waals surface area contributed by atoms with E-state index in [0.29, 0.717) is 48.8 Å². The smallest absolute Gasteiger partial charge is 0.259 e. The number of nitrogens with two attached hydrogens (primary N) is 1. The number of amides is 2. The predicted octanol–water partition coefficient (Wildman–Crippen LogP) is 4.10. The molecule has 0 spiro atoms. The lowest BCUT2D eigenvalue weighted by atomic mass is 9.92. The van der Waals surface area contributed by atoms with Gasteiger partial charge in [0.05, 0.1) is 12.1 Å². The van der Waals surface area contributed by atoms with Crippen molar-refractivity contribution in [3.63, 3.8) is 0 Å². The normalized spacial score (nSPS) is 11.3. The zero-order valence-electron chi connectivity index (χ0n) is 19.7. The van der Waals surface area contributed by atoms with Crippen molar-refractivity contribution in [2.45, 2.75) is 40.7 Å². The standard InChI is InChI=1S/C26H32N4O3/c1-18-24(19(2)33-29-18)25(32)30(17-26(3,4)16-27)15-21-10-12-22(13-11-21)28-23(31)14-20-8-6-5-7-9-20/h5-13H,14-17,27H2,1-4H3,(H,28,31). The topological polar surface area (TPSA) is 101 Å². The SMILES string of the molecule is Cc1noc(C)c1C(=O)N(Cc1ccc(NC(=O)Cc2ccccc2)cc1)CC(C)(C)CN. The summed E-state index contributed by atoms with van der Waals surface area (Å²) in [5, 5.41) is 6.85. The van der Waals surface area contributed by atoms with Crippen LogP contribution in [0.3, 0.4) is 0 Å². The fourth-order valence-corrected chi connectivity index (χ4v) is 3.63. The van der Waals surface area contributed by atoms with Crippen LogP contribution in [0.1, 0.15) is 46.8 Å². The van der Waals surface area contributed by atoms with Crippen molar-refractivity contribution < 1.29 is 14.1 Å². The van der Waals surface area contributed by atoms with Gasteiger partial charge in [-0.25, -0.2) is 0 Å². The van der Waals surface area contributed by atoms with Crippen molar-refractivity contribution in [1.29, 1.82) is 0 Å². The zero-order valence-corrected chi connectivity index (χ0v) is 19.7. The lowest BCUT2D eigenvalue weighted by Crippen LogP contribution is -2.42. The molecule has 0 radical (unpaired) electrons. The second-order valence-electron chi connectivity index (χ2n) is 9.14. The van der Waals surface area contributed by atoms with Gasteiger partial charge in [-0.15, -0.1) is 0 Å². The second-order valence-corrected chi connectivity index (χ2v) is 9.14. The number of anilines is 1. The molecule has 1 aromatic heterocycles. The van der Waals surface area contributed by atoms with E-state index in [2.05, 4.69) is 10.5 Å². The molecule has 0 aliphatic heterocycles. The number of benzene rings is 2. The number of carbonyl (C=O) groups is 2. The molecule has 0 unspecified atom stereocenters. The molecule has 3 rings (SSSR count). The molecule has 3 N–H and O–H groups in total. The second kappa shape index (κ2) is 10.4. The third-order valence-electron chi connectivity index (χ3n) is 5.52. The Balaban J connectivity index is 1.72. The van der Waals surface area contributed by atoms with Gasteiger partial charge in [0.15, 0.2) is 0 Å². The van der Waals surface area contributed by atoms with Crippen molar-refractivity contribution in [3.05, 3.63) is 82.7 Å². The summed E-state index contributed by atoms with van der Waals surface area (Å²) in [5.41, 5.74) is 9.38. The van der Waals surface area contributed by atoms with Crippen LogP contribution in [0, 0.1) is 19.3 Å². The molecule has 33 heavy (non-hydrogen) atoms. The van der Waals surface area contributed by atoms with Gasteiger partial charge < -0.3 is 20.5 Å². The molecule has 174 valence electrons. The quantitative estimate of drug-likeness (QED) is 0.513. The largest absolute Gasteiger partial charge is 0.361 e. The monoisotopic (exact) mass is 448 g/mol. The van der Waals surface area contributed by atoms with E-state index < -0.39 is 0 Å². The average Bonchev–Trinajstić information content (AvgIpc) is 3.12. The summed E-state index contributed by atoms with van der Waals surface area (Å²) in [6, 6.07) is 17.1. The fourth-order valence-electron chi connectivity index (χ4n) is 3.63. The molecule has 2 aromatic carbocycles. The van der Waals surface area contributed by atoms with E-state index in [-0.39, 0.29) is 17.2 Å². The molecule has 1 heterocycles. The Hall–Kier alpha value is -3.45. The summed E-state index contributed by atoms with van der Waals surface area (Å²) in [4.78, 5) is 27.5. The van der Waals surface area contributed by atoms with Gasteiger partial charge in [-0.3, -0.25) is 9.59 Å². The van der Waals surface area contributed by atoms with Crippen LogP contribution in [-0.4, -0.2) is 35.0 Å². The first-order chi connectivity index (χ1) is 15.7. The van der Waals surface area contributed by atoms with Gasteiger partial charge in [0.1, 0.15) is 11.3 Å². The van der Waals surface area contributed by atoms with Crippen molar-refractivity contribution in [2.24, 2.45) is 11.1 Å². The summed E-state index contributed by atoms with van der Waals surface area (Å²) >= 11 is 0. The maximum atomic E-state index is 13.4. The molecule has 7 nitrogen and oxygen atoms in total. The van der Waals surface area contributed by atoms with Gasteiger partial charge in [0.25, 0.3) is 5.91 Å². The van der Waals surface area contributed by atoms with Gasteiger partial charge in [0.2, 0.25) is 5.91 Å². The highest BCUT2D eigenvalue weighted by molar-refractivity contribution is 5.96. The number of aromatic nitrogens is 1. The van der Waals surface area contributed by atoms with Crippen LogP contribution in [0.2, 0.25) is 0 Å². The van der Waals surface area contributed by atoms with Crippen molar-refractivity contribution in [1.82, 2.24) is 10.1 Å². The highest BCUT2D eigenvalue weighted by Gasteiger charge is 2.28. The first-order valence-corrected chi connectivity index (χ1v) is 11.0. The highest BCUT2D eigenvalue weighted by atomic mass is 16.5. The minimum Gasteiger partial charge on any atom is -0.361 e. The Morgan fingerprint density at radius 3 is 2.27 bits per heavy atom. The van der Waals surface area contributed by atoms with Crippen LogP contribution in [0.15, 0.2) is 59.1 Å². The summed E-state index contributed by atoms with van der Waals surface area (Å²) < 4.78 is 5.21. The molecule has 0 saturated carbocycles. The maximum absolute atomic E-state index is 13.4. The zero-order chi connectivity index (χ0) is 24.0. The molecule has 3 aromatic rings. The summed E-state index contributed by atoms with van der Waals surface area (Å²) in [5.74, 6) is 0.298. The maximum Gasteiger partial charge on any atom is 0.259 e. The molecule has 0 aliphatic carbocycles. The number of hydrogen-bond donors (Lipinski definition) is 2. The number of carbonyl (C=O) groups excluding carboxylic acids is 2. The number of aryl methyl sites for hydroxylation is 2. The van der Waals surface area contributed by atoms with Crippen LogP contribution in [0.4, 0.5) is 5.69 Å². The number of hydrogen-bond acceptors (Lipinski definition) is 5. The Morgan fingerprint density at radius 2 is 1.70 bits per heavy atom. The fraction of sp³-hybridized carbons (Fsp3) is 0.346. The third kappa shape index (κ3) is 6.52. The lowest BCUT2D eigenvalue weighted by Gasteiger charge is -2.32. The molecule has 0 bridgehead atoms. The van der Waals surface area contributed by atoms with Gasteiger partial charge in [-0.05, 0) is 49.1 Å². The van der Waals surface area contributed by atoms with E-state index in [1.165, 1.54) is 0 Å². The number of rotatable bonds is 9. The van der Waals surface area contributed by atoms with E-state index >= 15 is 0 Å². The van der Waals surface area contributed by atoms with Gasteiger partial charge in [-0.2, -0.15) is 0 Å². The van der Waals surface area contributed by atoms with E-state index in [0.717, 1.165) is 11.1 Å². The van der Waals surface area contributed by atoms with Crippen LogP contribution in [0.5, 0.6) is 0 Å². The summed E-state index contributed by atoms with van der Waals surface area (Å²) in [6.07, 6.45) is 0.316. The molecule has 7 heteroatoms. The minimum absolute atomic E-state index is 0.0751. The van der Waals surface area contributed by atoms with E-state index in [1.54, 1.807) is 18.7 Å². The molecule has 2 amide bonds. The summed E-state index contributed by atoms with van der Waals surface area (Å²) in [7, 11) is 0. The Bertz CT molecular complexity index is 1070. The predicted molar refractivity (Wildman–Crippen MR) is 129 cm³/mol. The first kappa shape index (κ1) is 24.2. The van der Waals surface area contributed by atoms with Crippen LogP contribution < -0.4 is 11.1 Å². The van der Waals surface area contributed by atoms with Crippen molar-refractivity contribution >= 4 is 17.5 Å². The van der Waals surface area contributed by atoms with Crippen molar-refractivity contribution in [3.8, 4) is 0 Å². The van der Waals surface area contributed by atoms with Crippen LogP contribution >= 0.6 is 0 Å². The number of nitrogens with one attached hydrogen (secondary N) is 1. The van der Waals surface area contributed by atoms with E-state index in [4.69, 9.17) is 10.3 Å².